The van der Waals surface area contributed by atoms with Gasteiger partial charge in [-0.2, -0.15) is 0 Å². The van der Waals surface area contributed by atoms with Gasteiger partial charge >= 0.3 is 0 Å². The highest BCUT2D eigenvalue weighted by atomic mass is 16.5. The monoisotopic (exact) mass is 310 g/mol. The van der Waals surface area contributed by atoms with E-state index in [0.29, 0.717) is 11.8 Å². The number of benzene rings is 1. The molecule has 2 bridgehead atoms. The normalized spacial score (nSPS) is 33.0. The number of ether oxygens (including phenoxy) is 1. The molecule has 23 heavy (non-hydrogen) atoms. The SMILES string of the molecule is CC(C)=CCCC1(C)OC(c2ccccc2)C2CC1CC=C2C. The summed E-state index contributed by atoms with van der Waals surface area (Å²) in [4.78, 5) is 0. The van der Waals surface area contributed by atoms with Crippen molar-refractivity contribution in [2.45, 2.75) is 65.1 Å². The van der Waals surface area contributed by atoms with Crippen LogP contribution in [0.5, 0.6) is 0 Å². The van der Waals surface area contributed by atoms with Crippen molar-refractivity contribution in [1.29, 1.82) is 0 Å². The predicted molar refractivity (Wildman–Crippen MR) is 97.3 cm³/mol. The fraction of sp³-hybridized carbons (Fsp3) is 0.545. The molecule has 1 heterocycles. The predicted octanol–water partition coefficient (Wildman–Crippen LogP) is 6.24. The molecule has 2 aliphatic rings. The molecule has 0 amide bonds. The maximum Gasteiger partial charge on any atom is 0.0897 e. The quantitative estimate of drug-likeness (QED) is 0.598. The molecule has 1 aromatic rings. The molecule has 3 rings (SSSR count). The van der Waals surface area contributed by atoms with Crippen molar-refractivity contribution in [3.8, 4) is 0 Å². The lowest BCUT2D eigenvalue weighted by Gasteiger charge is -2.51. The summed E-state index contributed by atoms with van der Waals surface area (Å²) < 4.78 is 6.81. The van der Waals surface area contributed by atoms with Crippen molar-refractivity contribution >= 4 is 0 Å². The molecule has 1 aliphatic carbocycles. The second kappa shape index (κ2) is 6.65. The van der Waals surface area contributed by atoms with Gasteiger partial charge in [0.15, 0.2) is 0 Å². The summed E-state index contributed by atoms with van der Waals surface area (Å²) in [7, 11) is 0. The summed E-state index contributed by atoms with van der Waals surface area (Å²) in [6.45, 7) is 8.99. The van der Waals surface area contributed by atoms with Crippen LogP contribution < -0.4 is 0 Å². The van der Waals surface area contributed by atoms with Crippen LogP contribution >= 0.6 is 0 Å². The van der Waals surface area contributed by atoms with Crippen LogP contribution in [0.25, 0.3) is 0 Å². The molecule has 1 fully saturated rings. The maximum atomic E-state index is 6.81. The summed E-state index contributed by atoms with van der Waals surface area (Å²) in [6.07, 6.45) is 9.71. The minimum atomic E-state index is -0.0137. The van der Waals surface area contributed by atoms with Crippen LogP contribution in [0.2, 0.25) is 0 Å². The molecule has 0 radical (unpaired) electrons. The zero-order chi connectivity index (χ0) is 16.4. The topological polar surface area (TPSA) is 9.23 Å². The number of allylic oxidation sites excluding steroid dienone is 3. The minimum Gasteiger partial charge on any atom is -0.366 e. The molecule has 1 aliphatic heterocycles. The van der Waals surface area contributed by atoms with E-state index in [-0.39, 0.29) is 11.7 Å². The molecule has 1 aromatic carbocycles. The Labute approximate surface area is 141 Å². The van der Waals surface area contributed by atoms with Crippen LogP contribution in [0.15, 0.2) is 53.6 Å². The molecule has 0 aromatic heterocycles. The van der Waals surface area contributed by atoms with Crippen LogP contribution in [0.4, 0.5) is 0 Å². The lowest BCUT2D eigenvalue weighted by molar-refractivity contribution is -0.179. The van der Waals surface area contributed by atoms with Gasteiger partial charge in [-0.3, -0.25) is 0 Å². The largest absolute Gasteiger partial charge is 0.366 e. The van der Waals surface area contributed by atoms with Gasteiger partial charge in [0, 0.05) is 5.92 Å². The van der Waals surface area contributed by atoms with Crippen LogP contribution in [-0.4, -0.2) is 5.60 Å². The zero-order valence-corrected chi connectivity index (χ0v) is 15.0. The average molecular weight is 310 g/mol. The van der Waals surface area contributed by atoms with E-state index in [2.05, 4.69) is 70.2 Å². The average Bonchev–Trinajstić information content (AvgIpc) is 2.53. The van der Waals surface area contributed by atoms with Crippen molar-refractivity contribution in [2.75, 3.05) is 0 Å². The summed E-state index contributed by atoms with van der Waals surface area (Å²) in [5.41, 5.74) is 4.24. The van der Waals surface area contributed by atoms with E-state index in [4.69, 9.17) is 4.74 Å². The lowest BCUT2D eigenvalue weighted by Crippen LogP contribution is -2.47. The Morgan fingerprint density at radius 1 is 1.26 bits per heavy atom. The summed E-state index contributed by atoms with van der Waals surface area (Å²) in [6, 6.07) is 10.8. The number of hydrogen-bond acceptors (Lipinski definition) is 1. The van der Waals surface area contributed by atoms with Gasteiger partial charge in [0.2, 0.25) is 0 Å². The van der Waals surface area contributed by atoms with Crippen molar-refractivity contribution in [2.24, 2.45) is 11.8 Å². The molecule has 0 spiro atoms. The molecule has 4 unspecified atom stereocenters. The first-order chi connectivity index (χ1) is 11.0. The molecule has 124 valence electrons. The second-order valence-electron chi connectivity index (χ2n) is 7.80. The van der Waals surface area contributed by atoms with E-state index in [0.717, 1.165) is 12.8 Å². The Morgan fingerprint density at radius 2 is 2.00 bits per heavy atom. The van der Waals surface area contributed by atoms with Gasteiger partial charge in [-0.25, -0.2) is 0 Å². The van der Waals surface area contributed by atoms with E-state index in [1.54, 1.807) is 0 Å². The first-order valence-electron chi connectivity index (χ1n) is 9.02. The van der Waals surface area contributed by atoms with Crippen molar-refractivity contribution in [3.63, 3.8) is 0 Å². The Morgan fingerprint density at radius 3 is 2.70 bits per heavy atom. The number of fused-ring (bicyclic) bond motifs is 2. The smallest absolute Gasteiger partial charge is 0.0897 e. The minimum absolute atomic E-state index is 0.0137. The third-order valence-corrected chi connectivity index (χ3v) is 5.79. The Hall–Kier alpha value is -1.34. The molecule has 0 saturated carbocycles. The molecule has 1 nitrogen and oxygen atoms in total. The Bertz CT molecular complexity index is 594. The van der Waals surface area contributed by atoms with E-state index < -0.39 is 0 Å². The molecule has 1 heteroatoms. The third kappa shape index (κ3) is 3.45. The van der Waals surface area contributed by atoms with E-state index >= 15 is 0 Å². The highest BCUT2D eigenvalue weighted by Crippen LogP contribution is 2.52. The van der Waals surface area contributed by atoms with E-state index in [1.165, 1.54) is 29.6 Å². The second-order valence-corrected chi connectivity index (χ2v) is 7.80. The van der Waals surface area contributed by atoms with Gasteiger partial charge in [0.25, 0.3) is 0 Å². The lowest BCUT2D eigenvalue weighted by atomic mass is 9.67. The van der Waals surface area contributed by atoms with Crippen LogP contribution in [0, 0.1) is 11.8 Å². The zero-order valence-electron chi connectivity index (χ0n) is 15.0. The summed E-state index contributed by atoms with van der Waals surface area (Å²) in [5, 5.41) is 0. The fourth-order valence-corrected chi connectivity index (χ4v) is 4.25. The van der Waals surface area contributed by atoms with Gasteiger partial charge in [0.05, 0.1) is 11.7 Å². The maximum absolute atomic E-state index is 6.81. The third-order valence-electron chi connectivity index (χ3n) is 5.79. The first-order valence-corrected chi connectivity index (χ1v) is 9.02. The summed E-state index contributed by atoms with van der Waals surface area (Å²) in [5.74, 6) is 1.20. The van der Waals surface area contributed by atoms with Gasteiger partial charge in [-0.15, -0.1) is 0 Å². The van der Waals surface area contributed by atoms with Crippen molar-refractivity contribution in [3.05, 3.63) is 59.2 Å². The highest BCUT2D eigenvalue weighted by molar-refractivity contribution is 5.25. The van der Waals surface area contributed by atoms with Gasteiger partial charge < -0.3 is 4.74 Å². The molecule has 4 atom stereocenters. The van der Waals surface area contributed by atoms with Gasteiger partial charge in [-0.1, -0.05) is 53.6 Å². The molecular formula is C22H30O. The van der Waals surface area contributed by atoms with Crippen LogP contribution in [0.1, 0.15) is 65.0 Å². The van der Waals surface area contributed by atoms with Gasteiger partial charge in [-0.05, 0) is 64.9 Å². The van der Waals surface area contributed by atoms with E-state index in [9.17, 15) is 0 Å². The van der Waals surface area contributed by atoms with Crippen LogP contribution in [0.3, 0.4) is 0 Å². The van der Waals surface area contributed by atoms with E-state index in [1.807, 2.05) is 0 Å². The Balaban J connectivity index is 1.87. The Kier molecular flexibility index (Phi) is 4.77. The molecule has 0 N–H and O–H groups in total. The van der Waals surface area contributed by atoms with Crippen LogP contribution in [-0.2, 0) is 4.74 Å². The van der Waals surface area contributed by atoms with Gasteiger partial charge in [0.1, 0.15) is 0 Å². The standard InChI is InChI=1S/C22H30O/c1-16(2)9-8-14-22(4)19-13-12-17(3)20(15-19)21(23-22)18-10-6-5-7-11-18/h5-7,9-12,19-21H,8,13-15H2,1-4H3. The molecule has 1 saturated heterocycles. The highest BCUT2D eigenvalue weighted by Gasteiger charge is 2.47. The fourth-order valence-electron chi connectivity index (χ4n) is 4.25. The van der Waals surface area contributed by atoms with Crippen molar-refractivity contribution in [1.82, 2.24) is 0 Å². The van der Waals surface area contributed by atoms with Crippen molar-refractivity contribution < 1.29 is 4.74 Å². The number of rotatable bonds is 4. The molecular weight excluding hydrogens is 280 g/mol. The first kappa shape index (κ1) is 16.5. The summed E-state index contributed by atoms with van der Waals surface area (Å²) >= 11 is 0. The number of hydrogen-bond donors (Lipinski definition) is 0.